The minimum Gasteiger partial charge on any atom is -0.459 e. The molecule has 0 fully saturated rings. The first kappa shape index (κ1) is 22.9. The van der Waals surface area contributed by atoms with Crippen molar-refractivity contribution in [1.29, 1.82) is 0 Å². The summed E-state index contributed by atoms with van der Waals surface area (Å²) in [6, 6.07) is 16.6. The Morgan fingerprint density at radius 1 is 1.09 bits per heavy atom. The molecule has 0 saturated heterocycles. The molecule has 0 aliphatic carbocycles. The topological polar surface area (TPSA) is 91.4 Å². The SMILES string of the molecule is C[C@H]1CN(c2ccc(Cl)cc2)c2nc3c(c(=O)n(CC(=O)OCc4ccccc4)c(=O)n3C)n2C1. The van der Waals surface area contributed by atoms with Gasteiger partial charge in [0, 0.05) is 30.8 Å². The highest BCUT2D eigenvalue weighted by molar-refractivity contribution is 6.30. The molecular weight excluding hydrogens is 470 g/mol. The number of rotatable bonds is 5. The Morgan fingerprint density at radius 3 is 2.51 bits per heavy atom. The van der Waals surface area contributed by atoms with E-state index in [0.717, 1.165) is 15.8 Å². The van der Waals surface area contributed by atoms with E-state index in [-0.39, 0.29) is 23.7 Å². The Kier molecular flexibility index (Phi) is 5.94. The summed E-state index contributed by atoms with van der Waals surface area (Å²) < 4.78 is 9.34. The van der Waals surface area contributed by atoms with Crippen LogP contribution in [0.1, 0.15) is 12.5 Å². The first-order chi connectivity index (χ1) is 16.8. The van der Waals surface area contributed by atoms with Crippen molar-refractivity contribution in [1.82, 2.24) is 18.7 Å². The number of aryl methyl sites for hydroxylation is 1. The Bertz CT molecular complexity index is 1520. The molecule has 10 heteroatoms. The molecule has 1 atom stereocenters. The maximum Gasteiger partial charge on any atom is 0.333 e. The zero-order valence-corrected chi connectivity index (χ0v) is 20.1. The van der Waals surface area contributed by atoms with Gasteiger partial charge in [-0.3, -0.25) is 14.2 Å². The average molecular weight is 494 g/mol. The van der Waals surface area contributed by atoms with Gasteiger partial charge in [-0.05, 0) is 35.7 Å². The monoisotopic (exact) mass is 493 g/mol. The van der Waals surface area contributed by atoms with E-state index in [1.807, 2.05) is 51.9 Å². The second-order valence-corrected chi connectivity index (χ2v) is 9.20. The molecule has 5 rings (SSSR count). The summed E-state index contributed by atoms with van der Waals surface area (Å²) in [5.74, 6) is 0.107. The van der Waals surface area contributed by atoms with E-state index in [0.29, 0.717) is 24.1 Å². The lowest BCUT2D eigenvalue weighted by molar-refractivity contribution is -0.145. The van der Waals surface area contributed by atoms with Crippen molar-refractivity contribution >= 4 is 40.4 Å². The normalized spacial score (nSPS) is 15.3. The summed E-state index contributed by atoms with van der Waals surface area (Å²) in [4.78, 5) is 45.7. The fraction of sp³-hybridized carbons (Fsp3) is 0.280. The summed E-state index contributed by atoms with van der Waals surface area (Å²) in [6.07, 6.45) is 0. The first-order valence-corrected chi connectivity index (χ1v) is 11.6. The van der Waals surface area contributed by atoms with Crippen LogP contribution >= 0.6 is 11.6 Å². The minimum absolute atomic E-state index is 0.0621. The van der Waals surface area contributed by atoms with Gasteiger partial charge in [0.05, 0.1) is 0 Å². The molecule has 0 radical (unpaired) electrons. The van der Waals surface area contributed by atoms with Crippen molar-refractivity contribution < 1.29 is 9.53 Å². The highest BCUT2D eigenvalue weighted by atomic mass is 35.5. The van der Waals surface area contributed by atoms with Crippen LogP contribution < -0.4 is 16.1 Å². The second-order valence-electron chi connectivity index (χ2n) is 8.77. The molecule has 0 bridgehead atoms. The van der Waals surface area contributed by atoms with Crippen LogP contribution in [0.2, 0.25) is 5.02 Å². The number of ether oxygens (including phenoxy) is 1. The zero-order valence-electron chi connectivity index (χ0n) is 19.3. The third-order valence-electron chi connectivity index (χ3n) is 6.11. The molecule has 9 nitrogen and oxygen atoms in total. The van der Waals surface area contributed by atoms with Gasteiger partial charge in [-0.2, -0.15) is 4.98 Å². The summed E-state index contributed by atoms with van der Waals surface area (Å²) in [7, 11) is 1.55. The third-order valence-corrected chi connectivity index (χ3v) is 6.36. The molecular formula is C25H24ClN5O4. The number of hydrogen-bond acceptors (Lipinski definition) is 6. The van der Waals surface area contributed by atoms with Crippen molar-refractivity contribution in [3.8, 4) is 0 Å². The number of imidazole rings is 1. The molecule has 4 aromatic rings. The van der Waals surface area contributed by atoms with Crippen molar-refractivity contribution in [3.05, 3.63) is 86.0 Å². The number of carbonyl (C=O) groups is 1. The molecule has 0 amide bonds. The van der Waals surface area contributed by atoms with Gasteiger partial charge in [-0.15, -0.1) is 0 Å². The van der Waals surface area contributed by atoms with E-state index in [4.69, 9.17) is 16.3 Å². The molecule has 180 valence electrons. The number of benzene rings is 2. The predicted octanol–water partition coefficient (Wildman–Crippen LogP) is 3.08. The van der Waals surface area contributed by atoms with E-state index in [1.165, 1.54) is 4.57 Å². The number of hydrogen-bond donors (Lipinski definition) is 0. The molecule has 1 aliphatic rings. The molecule has 2 aromatic carbocycles. The number of carbonyl (C=O) groups excluding carboxylic acids is 1. The standard InChI is InChI=1S/C25H24ClN5O4/c1-16-12-29(19-10-8-18(26)9-11-19)24-27-22-21(30(24)13-16)23(33)31(25(34)28(22)2)14-20(32)35-15-17-6-4-3-5-7-17/h3-11,16H,12-15H2,1-2H3/t16-/m0/s1. The third kappa shape index (κ3) is 4.23. The Balaban J connectivity index is 1.54. The summed E-state index contributed by atoms with van der Waals surface area (Å²) in [6.45, 7) is 2.91. The molecule has 0 spiro atoms. The maximum absolute atomic E-state index is 13.5. The molecule has 35 heavy (non-hydrogen) atoms. The van der Waals surface area contributed by atoms with Crippen LogP contribution in [0, 0.1) is 5.92 Å². The fourth-order valence-corrected chi connectivity index (χ4v) is 4.52. The lowest BCUT2D eigenvalue weighted by Crippen LogP contribution is -2.42. The van der Waals surface area contributed by atoms with Gasteiger partial charge in [0.1, 0.15) is 13.2 Å². The summed E-state index contributed by atoms with van der Waals surface area (Å²) in [5.41, 5.74) is 1.06. The maximum atomic E-state index is 13.5. The van der Waals surface area contributed by atoms with Crippen molar-refractivity contribution in [2.75, 3.05) is 11.4 Å². The van der Waals surface area contributed by atoms with Crippen LogP contribution in [0.4, 0.5) is 11.6 Å². The number of anilines is 2. The van der Waals surface area contributed by atoms with Crippen LogP contribution in [0.25, 0.3) is 11.2 Å². The Hall–Kier alpha value is -3.85. The van der Waals surface area contributed by atoms with E-state index in [1.54, 1.807) is 19.2 Å². The van der Waals surface area contributed by atoms with Crippen LogP contribution in [0.3, 0.4) is 0 Å². The fourth-order valence-electron chi connectivity index (χ4n) is 4.40. The van der Waals surface area contributed by atoms with Gasteiger partial charge in [0.25, 0.3) is 5.56 Å². The van der Waals surface area contributed by atoms with Gasteiger partial charge in [0.2, 0.25) is 5.95 Å². The largest absolute Gasteiger partial charge is 0.459 e. The molecule has 0 saturated carbocycles. The van der Waals surface area contributed by atoms with Gasteiger partial charge in [0.15, 0.2) is 11.2 Å². The van der Waals surface area contributed by atoms with Gasteiger partial charge < -0.3 is 14.2 Å². The molecule has 1 aliphatic heterocycles. The smallest absolute Gasteiger partial charge is 0.333 e. The highest BCUT2D eigenvalue weighted by Crippen LogP contribution is 2.33. The van der Waals surface area contributed by atoms with Crippen LogP contribution in [-0.4, -0.2) is 31.2 Å². The van der Waals surface area contributed by atoms with E-state index in [9.17, 15) is 14.4 Å². The minimum atomic E-state index is -0.665. The average Bonchev–Trinajstić information content (AvgIpc) is 3.24. The van der Waals surface area contributed by atoms with Gasteiger partial charge >= 0.3 is 11.7 Å². The quantitative estimate of drug-likeness (QED) is 0.397. The summed E-state index contributed by atoms with van der Waals surface area (Å²) in [5, 5.41) is 0.622. The van der Waals surface area contributed by atoms with Crippen LogP contribution in [0.5, 0.6) is 0 Å². The predicted molar refractivity (Wildman–Crippen MR) is 133 cm³/mol. The summed E-state index contributed by atoms with van der Waals surface area (Å²) >= 11 is 6.06. The number of halogens is 1. The lowest BCUT2D eigenvalue weighted by atomic mass is 10.1. The van der Waals surface area contributed by atoms with E-state index < -0.39 is 23.8 Å². The van der Waals surface area contributed by atoms with Gasteiger partial charge in [-0.25, -0.2) is 9.36 Å². The Morgan fingerprint density at radius 2 is 1.80 bits per heavy atom. The Labute approximate surface area is 205 Å². The van der Waals surface area contributed by atoms with Crippen molar-refractivity contribution in [3.63, 3.8) is 0 Å². The number of esters is 1. The van der Waals surface area contributed by atoms with Crippen LogP contribution in [-0.2, 0) is 36.3 Å². The first-order valence-electron chi connectivity index (χ1n) is 11.3. The van der Waals surface area contributed by atoms with E-state index in [2.05, 4.69) is 11.9 Å². The van der Waals surface area contributed by atoms with Crippen LogP contribution in [0.15, 0.2) is 64.2 Å². The van der Waals surface area contributed by atoms with E-state index >= 15 is 0 Å². The molecule has 2 aromatic heterocycles. The zero-order chi connectivity index (χ0) is 24.7. The molecule has 0 unspecified atom stereocenters. The second kappa shape index (κ2) is 9.07. The molecule has 0 N–H and O–H groups in total. The van der Waals surface area contributed by atoms with Crippen molar-refractivity contribution in [2.24, 2.45) is 13.0 Å². The number of nitrogens with zero attached hydrogens (tertiary/aromatic N) is 5. The van der Waals surface area contributed by atoms with Gasteiger partial charge in [-0.1, -0.05) is 48.9 Å². The number of fused-ring (bicyclic) bond motifs is 3. The molecule has 3 heterocycles. The number of aromatic nitrogens is 4. The van der Waals surface area contributed by atoms with Crippen molar-refractivity contribution in [2.45, 2.75) is 26.6 Å². The lowest BCUT2D eigenvalue weighted by Gasteiger charge is -2.33. The highest BCUT2D eigenvalue weighted by Gasteiger charge is 2.30.